The Balaban J connectivity index is 2.15. The standard InChI is InChI=1S/C12H6BrClO2/c13-8-5-7(14)6-11-12(8)16-10-4-2-1-3-9(10)15-11/h1-6H. The van der Waals surface area contributed by atoms with Crippen molar-refractivity contribution in [3.63, 3.8) is 0 Å². The van der Waals surface area contributed by atoms with Crippen LogP contribution in [0.25, 0.3) is 0 Å². The third-order valence-corrected chi connectivity index (χ3v) is 3.06. The van der Waals surface area contributed by atoms with Crippen LogP contribution in [0.4, 0.5) is 0 Å². The van der Waals surface area contributed by atoms with Crippen LogP contribution in [-0.2, 0) is 0 Å². The van der Waals surface area contributed by atoms with E-state index in [4.69, 9.17) is 21.1 Å². The Hall–Kier alpha value is -1.19. The highest BCUT2D eigenvalue weighted by Gasteiger charge is 2.21. The maximum absolute atomic E-state index is 5.94. The third-order valence-electron chi connectivity index (χ3n) is 2.26. The molecule has 1 aliphatic heterocycles. The molecule has 0 amide bonds. The van der Waals surface area contributed by atoms with Gasteiger partial charge >= 0.3 is 0 Å². The maximum atomic E-state index is 5.94. The summed E-state index contributed by atoms with van der Waals surface area (Å²) in [5.74, 6) is 2.68. The molecule has 0 radical (unpaired) electrons. The van der Waals surface area contributed by atoms with Crippen LogP contribution in [0.15, 0.2) is 40.9 Å². The van der Waals surface area contributed by atoms with E-state index in [-0.39, 0.29) is 0 Å². The van der Waals surface area contributed by atoms with Crippen LogP contribution < -0.4 is 9.47 Å². The van der Waals surface area contributed by atoms with E-state index in [9.17, 15) is 0 Å². The fraction of sp³-hybridized carbons (Fsp3) is 0. The smallest absolute Gasteiger partial charge is 0.184 e. The van der Waals surface area contributed by atoms with E-state index < -0.39 is 0 Å². The average Bonchev–Trinajstić information content (AvgIpc) is 2.27. The second-order valence-electron chi connectivity index (χ2n) is 3.37. The summed E-state index contributed by atoms with van der Waals surface area (Å²) in [7, 11) is 0. The number of hydrogen-bond donors (Lipinski definition) is 0. The van der Waals surface area contributed by atoms with Crippen LogP contribution in [-0.4, -0.2) is 0 Å². The van der Waals surface area contributed by atoms with Gasteiger partial charge in [0.25, 0.3) is 0 Å². The molecule has 2 aromatic rings. The summed E-state index contributed by atoms with van der Waals surface area (Å²) in [6, 6.07) is 11.0. The zero-order valence-electron chi connectivity index (χ0n) is 8.04. The van der Waals surface area contributed by atoms with Crippen LogP contribution >= 0.6 is 27.5 Å². The summed E-state index contributed by atoms with van der Waals surface area (Å²) < 4.78 is 12.2. The topological polar surface area (TPSA) is 18.5 Å². The van der Waals surface area contributed by atoms with E-state index in [2.05, 4.69) is 15.9 Å². The normalized spacial score (nSPS) is 12.1. The first-order valence-electron chi connectivity index (χ1n) is 4.68. The summed E-state index contributed by atoms with van der Waals surface area (Å²) in [5, 5.41) is 0.605. The molecule has 1 aliphatic rings. The first-order valence-corrected chi connectivity index (χ1v) is 5.85. The summed E-state index contributed by atoms with van der Waals surface area (Å²) >= 11 is 9.34. The molecule has 0 N–H and O–H groups in total. The van der Waals surface area contributed by atoms with E-state index in [1.54, 1.807) is 12.1 Å². The molecule has 4 heteroatoms. The second-order valence-corrected chi connectivity index (χ2v) is 4.66. The average molecular weight is 298 g/mol. The van der Waals surface area contributed by atoms with Crippen molar-refractivity contribution in [2.75, 3.05) is 0 Å². The molecule has 0 bridgehead atoms. The molecule has 0 fully saturated rings. The lowest BCUT2D eigenvalue weighted by atomic mass is 10.2. The van der Waals surface area contributed by atoms with Gasteiger partial charge in [-0.15, -0.1) is 0 Å². The van der Waals surface area contributed by atoms with Gasteiger partial charge in [-0.25, -0.2) is 0 Å². The molecule has 0 saturated carbocycles. The molecule has 0 saturated heterocycles. The SMILES string of the molecule is Clc1cc(Br)c2c(c1)Oc1ccccc1O2. The van der Waals surface area contributed by atoms with Crippen molar-refractivity contribution in [1.82, 2.24) is 0 Å². The van der Waals surface area contributed by atoms with E-state index in [1.807, 2.05) is 24.3 Å². The number of fused-ring (bicyclic) bond motifs is 2. The Morgan fingerprint density at radius 2 is 1.62 bits per heavy atom. The number of halogens is 2. The number of ether oxygens (including phenoxy) is 2. The van der Waals surface area contributed by atoms with Crippen molar-refractivity contribution in [2.45, 2.75) is 0 Å². The minimum atomic E-state index is 0.605. The molecule has 0 atom stereocenters. The maximum Gasteiger partial charge on any atom is 0.184 e. The monoisotopic (exact) mass is 296 g/mol. The van der Waals surface area contributed by atoms with Gasteiger partial charge in [0.2, 0.25) is 0 Å². The summed E-state index contributed by atoms with van der Waals surface area (Å²) in [6.45, 7) is 0. The molecular formula is C12H6BrClO2. The lowest BCUT2D eigenvalue weighted by Crippen LogP contribution is -1.99. The van der Waals surface area contributed by atoms with Gasteiger partial charge in [0.1, 0.15) is 0 Å². The predicted molar refractivity (Wildman–Crippen MR) is 65.7 cm³/mol. The molecule has 2 aromatic carbocycles. The van der Waals surface area contributed by atoms with Crippen LogP contribution in [0, 0.1) is 0 Å². The van der Waals surface area contributed by atoms with Gasteiger partial charge < -0.3 is 9.47 Å². The van der Waals surface area contributed by atoms with E-state index in [1.165, 1.54) is 0 Å². The van der Waals surface area contributed by atoms with E-state index >= 15 is 0 Å². The quantitative estimate of drug-likeness (QED) is 0.581. The molecule has 0 unspecified atom stereocenters. The highest BCUT2D eigenvalue weighted by molar-refractivity contribution is 9.10. The highest BCUT2D eigenvalue weighted by atomic mass is 79.9. The molecule has 3 rings (SSSR count). The van der Waals surface area contributed by atoms with Crippen LogP contribution in [0.1, 0.15) is 0 Å². The number of rotatable bonds is 0. The number of para-hydroxylation sites is 2. The highest BCUT2D eigenvalue weighted by Crippen LogP contribution is 2.49. The van der Waals surface area contributed by atoms with Crippen LogP contribution in [0.5, 0.6) is 23.0 Å². The van der Waals surface area contributed by atoms with Gasteiger partial charge in [-0.2, -0.15) is 0 Å². The van der Waals surface area contributed by atoms with Gasteiger partial charge in [-0.05, 0) is 34.1 Å². The molecule has 16 heavy (non-hydrogen) atoms. The van der Waals surface area contributed by atoms with Gasteiger partial charge in [0.15, 0.2) is 23.0 Å². The zero-order chi connectivity index (χ0) is 11.1. The molecular weight excluding hydrogens is 291 g/mol. The predicted octanol–water partition coefficient (Wildman–Crippen LogP) is 5.00. The Morgan fingerprint density at radius 1 is 0.938 bits per heavy atom. The summed E-state index contributed by atoms with van der Waals surface area (Å²) in [5.41, 5.74) is 0. The van der Waals surface area contributed by atoms with Gasteiger partial charge in [-0.3, -0.25) is 0 Å². The van der Waals surface area contributed by atoms with Crippen molar-refractivity contribution in [3.8, 4) is 23.0 Å². The molecule has 0 aliphatic carbocycles. The lowest BCUT2D eigenvalue weighted by molar-refractivity contribution is 0.358. The van der Waals surface area contributed by atoms with Crippen molar-refractivity contribution in [3.05, 3.63) is 45.9 Å². The molecule has 0 spiro atoms. The van der Waals surface area contributed by atoms with Gasteiger partial charge in [0, 0.05) is 11.1 Å². The van der Waals surface area contributed by atoms with E-state index in [0.29, 0.717) is 28.0 Å². The van der Waals surface area contributed by atoms with Crippen LogP contribution in [0.2, 0.25) is 5.02 Å². The Labute approximate surface area is 106 Å². The van der Waals surface area contributed by atoms with Crippen molar-refractivity contribution < 1.29 is 9.47 Å². The Bertz CT molecular complexity index is 569. The van der Waals surface area contributed by atoms with E-state index in [0.717, 1.165) is 4.47 Å². The lowest BCUT2D eigenvalue weighted by Gasteiger charge is -2.21. The van der Waals surface area contributed by atoms with Gasteiger partial charge in [-0.1, -0.05) is 23.7 Å². The number of hydrogen-bond acceptors (Lipinski definition) is 2. The third kappa shape index (κ3) is 1.56. The van der Waals surface area contributed by atoms with Gasteiger partial charge in [0.05, 0.1) is 4.47 Å². The number of benzene rings is 2. The minimum Gasteiger partial charge on any atom is -0.449 e. The fourth-order valence-electron chi connectivity index (χ4n) is 1.56. The molecule has 80 valence electrons. The zero-order valence-corrected chi connectivity index (χ0v) is 10.4. The minimum absolute atomic E-state index is 0.605. The first kappa shape index (κ1) is 10.00. The molecule has 0 aromatic heterocycles. The Kier molecular flexibility index (Phi) is 2.30. The summed E-state index contributed by atoms with van der Waals surface area (Å²) in [6.07, 6.45) is 0. The van der Waals surface area contributed by atoms with Crippen molar-refractivity contribution in [2.24, 2.45) is 0 Å². The summed E-state index contributed by atoms with van der Waals surface area (Å²) in [4.78, 5) is 0. The van der Waals surface area contributed by atoms with Crippen molar-refractivity contribution >= 4 is 27.5 Å². The molecule has 1 heterocycles. The second kappa shape index (κ2) is 3.68. The first-order chi connectivity index (χ1) is 7.74. The Morgan fingerprint density at radius 3 is 2.38 bits per heavy atom. The fourth-order valence-corrected chi connectivity index (χ4v) is 2.42. The van der Waals surface area contributed by atoms with Crippen molar-refractivity contribution in [1.29, 1.82) is 0 Å². The molecule has 2 nitrogen and oxygen atoms in total. The largest absolute Gasteiger partial charge is 0.449 e. The van der Waals surface area contributed by atoms with Crippen LogP contribution in [0.3, 0.4) is 0 Å².